The molecule has 1 fully saturated rings. The zero-order valence-electron chi connectivity index (χ0n) is 18.0. The van der Waals surface area contributed by atoms with E-state index in [1.807, 2.05) is 0 Å². The summed E-state index contributed by atoms with van der Waals surface area (Å²) in [7, 11) is 1.53. The number of hydrogen-bond donors (Lipinski definition) is 1. The first-order valence-electron chi connectivity index (χ1n) is 10.3. The van der Waals surface area contributed by atoms with Gasteiger partial charge in [0.15, 0.2) is 5.82 Å². The summed E-state index contributed by atoms with van der Waals surface area (Å²) in [5.41, 5.74) is -0.306. The minimum absolute atomic E-state index is 0.0352. The van der Waals surface area contributed by atoms with Gasteiger partial charge in [0.1, 0.15) is 11.3 Å². The average molecular weight is 461 g/mol. The van der Waals surface area contributed by atoms with Gasteiger partial charge in [-0.1, -0.05) is 18.5 Å². The number of anilines is 1. The van der Waals surface area contributed by atoms with Crippen LogP contribution < -0.4 is 10.9 Å². The van der Waals surface area contributed by atoms with Gasteiger partial charge in [-0.2, -0.15) is 0 Å². The number of carbonyl (C=O) groups excluding carboxylic acids is 1. The summed E-state index contributed by atoms with van der Waals surface area (Å²) in [4.78, 5) is 30.6. The molecule has 0 saturated carbocycles. The molecule has 0 aliphatic carbocycles. The summed E-state index contributed by atoms with van der Waals surface area (Å²) in [5.74, 6) is -1.19. The van der Waals surface area contributed by atoms with Crippen molar-refractivity contribution in [2.45, 2.75) is 32.2 Å². The molecular weight excluding hydrogens is 438 g/mol. The van der Waals surface area contributed by atoms with Crippen molar-refractivity contribution in [3.05, 3.63) is 68.7 Å². The molecule has 1 atom stereocenters. The molecule has 6 nitrogen and oxygen atoms in total. The van der Waals surface area contributed by atoms with Crippen LogP contribution in [-0.2, 0) is 17.4 Å². The van der Waals surface area contributed by atoms with Crippen LogP contribution in [0.2, 0.25) is 5.02 Å². The number of likely N-dealkylation sites (tertiary alicyclic amines) is 1. The molecule has 0 spiro atoms. The second-order valence-corrected chi connectivity index (χ2v) is 8.58. The molecule has 168 valence electrons. The summed E-state index contributed by atoms with van der Waals surface area (Å²) in [6.45, 7) is 4.07. The Labute approximate surface area is 188 Å². The Morgan fingerprint density at radius 3 is 2.75 bits per heavy atom. The Morgan fingerprint density at radius 1 is 1.28 bits per heavy atom. The molecule has 4 rings (SSSR count). The third kappa shape index (κ3) is 3.62. The number of amides is 1. The molecule has 2 aromatic carbocycles. The van der Waals surface area contributed by atoms with Gasteiger partial charge in [0.25, 0.3) is 5.56 Å². The fraction of sp³-hybridized carbons (Fsp3) is 0.348. The lowest BCUT2D eigenvalue weighted by Gasteiger charge is -2.34. The van der Waals surface area contributed by atoms with Crippen molar-refractivity contribution in [2.24, 2.45) is 7.05 Å². The van der Waals surface area contributed by atoms with E-state index >= 15 is 4.39 Å². The summed E-state index contributed by atoms with van der Waals surface area (Å²) in [5, 5.41) is 3.76. The summed E-state index contributed by atoms with van der Waals surface area (Å²) in [6.07, 6.45) is 1.97. The van der Waals surface area contributed by atoms with Crippen molar-refractivity contribution < 1.29 is 13.6 Å². The molecule has 1 N–H and O–H groups in total. The summed E-state index contributed by atoms with van der Waals surface area (Å²) >= 11 is 6.31. The quantitative estimate of drug-likeness (QED) is 0.636. The van der Waals surface area contributed by atoms with Crippen LogP contribution in [0.3, 0.4) is 0 Å². The van der Waals surface area contributed by atoms with Crippen LogP contribution in [0.4, 0.5) is 14.5 Å². The topological polar surface area (TPSA) is 67.2 Å². The fourth-order valence-electron chi connectivity index (χ4n) is 4.48. The van der Waals surface area contributed by atoms with Crippen molar-refractivity contribution in [1.29, 1.82) is 0 Å². The third-order valence-corrected chi connectivity index (χ3v) is 6.52. The SMILES string of the molecule is CCC(=O)N1CC[C@@](Nc2cc(F)c3ncn(C)c(=O)c3c2)(c2c(F)ccc(Cl)c2C)C1. The van der Waals surface area contributed by atoms with Crippen LogP contribution in [-0.4, -0.2) is 33.4 Å². The maximum atomic E-state index is 15.1. The van der Waals surface area contributed by atoms with Crippen LogP contribution in [0.5, 0.6) is 0 Å². The standard InChI is InChI=1S/C23H23ClF2N4O2/c1-4-19(31)30-8-7-23(11-30,20-13(2)16(24)5-6-17(20)25)28-14-9-15-21(18(26)10-14)27-12-29(3)22(15)32/h5-6,9-10,12,28H,4,7-8,11H2,1-3H3/t23-/m0/s1. The lowest BCUT2D eigenvalue weighted by molar-refractivity contribution is -0.129. The predicted octanol–water partition coefficient (Wildman–Crippen LogP) is 4.12. The molecule has 0 unspecified atom stereocenters. The third-order valence-electron chi connectivity index (χ3n) is 6.11. The van der Waals surface area contributed by atoms with Crippen LogP contribution in [0, 0.1) is 18.6 Å². The maximum absolute atomic E-state index is 15.1. The molecule has 1 aliphatic heterocycles. The highest BCUT2D eigenvalue weighted by Gasteiger charge is 2.44. The van der Waals surface area contributed by atoms with Gasteiger partial charge in [-0.15, -0.1) is 0 Å². The minimum Gasteiger partial charge on any atom is -0.373 e. The number of fused-ring (bicyclic) bond motifs is 1. The molecular formula is C23H23ClF2N4O2. The number of nitrogens with zero attached hydrogens (tertiary/aromatic N) is 3. The number of hydrogen-bond acceptors (Lipinski definition) is 4. The Balaban J connectivity index is 1.88. The van der Waals surface area contributed by atoms with Gasteiger partial charge in [-0.25, -0.2) is 13.8 Å². The molecule has 0 bridgehead atoms. The molecule has 1 aliphatic rings. The smallest absolute Gasteiger partial charge is 0.261 e. The van der Waals surface area contributed by atoms with E-state index in [2.05, 4.69) is 10.3 Å². The summed E-state index contributed by atoms with van der Waals surface area (Å²) in [6, 6.07) is 5.52. The molecule has 1 amide bonds. The highest BCUT2D eigenvalue weighted by atomic mass is 35.5. The van der Waals surface area contributed by atoms with E-state index in [1.165, 1.54) is 42.2 Å². The van der Waals surface area contributed by atoms with Crippen LogP contribution in [0.1, 0.15) is 30.9 Å². The first-order valence-corrected chi connectivity index (χ1v) is 10.7. The van der Waals surface area contributed by atoms with Gasteiger partial charge in [0.05, 0.1) is 17.3 Å². The van der Waals surface area contributed by atoms with Gasteiger partial charge in [0.2, 0.25) is 5.91 Å². The van der Waals surface area contributed by atoms with Crippen LogP contribution in [0.25, 0.3) is 10.9 Å². The Bertz CT molecular complexity index is 1290. The van der Waals surface area contributed by atoms with Gasteiger partial charge in [0, 0.05) is 42.8 Å². The first-order chi connectivity index (χ1) is 15.2. The number of halogens is 3. The monoisotopic (exact) mass is 460 g/mol. The molecule has 0 radical (unpaired) electrons. The second kappa shape index (κ2) is 8.16. The minimum atomic E-state index is -1.04. The van der Waals surface area contributed by atoms with Gasteiger partial charge < -0.3 is 14.8 Å². The van der Waals surface area contributed by atoms with E-state index in [9.17, 15) is 14.0 Å². The highest BCUT2D eigenvalue weighted by molar-refractivity contribution is 6.31. The zero-order chi connectivity index (χ0) is 23.2. The van der Waals surface area contributed by atoms with E-state index in [4.69, 9.17) is 11.6 Å². The van der Waals surface area contributed by atoms with Gasteiger partial charge in [-0.05, 0) is 43.2 Å². The number of rotatable bonds is 4. The number of nitrogens with one attached hydrogen (secondary N) is 1. The largest absolute Gasteiger partial charge is 0.373 e. The molecule has 32 heavy (non-hydrogen) atoms. The number of benzene rings is 2. The van der Waals surface area contributed by atoms with Crippen molar-refractivity contribution >= 4 is 34.1 Å². The average Bonchev–Trinajstić information content (AvgIpc) is 3.18. The Hall–Kier alpha value is -3.00. The second-order valence-electron chi connectivity index (χ2n) is 8.17. The first kappa shape index (κ1) is 22.2. The maximum Gasteiger partial charge on any atom is 0.261 e. The molecule has 2 heterocycles. The van der Waals surface area contributed by atoms with Crippen molar-refractivity contribution in [3.63, 3.8) is 0 Å². The van der Waals surface area contributed by atoms with Crippen LogP contribution >= 0.6 is 11.6 Å². The Kier molecular flexibility index (Phi) is 5.67. The molecule has 1 saturated heterocycles. The number of carbonyl (C=O) groups is 1. The number of aromatic nitrogens is 2. The van der Waals surface area contributed by atoms with Crippen molar-refractivity contribution in [1.82, 2.24) is 14.5 Å². The fourth-order valence-corrected chi connectivity index (χ4v) is 4.64. The van der Waals surface area contributed by atoms with Crippen molar-refractivity contribution in [2.75, 3.05) is 18.4 Å². The zero-order valence-corrected chi connectivity index (χ0v) is 18.8. The van der Waals surface area contributed by atoms with Gasteiger partial charge in [-0.3, -0.25) is 9.59 Å². The molecule has 3 aromatic rings. The highest BCUT2D eigenvalue weighted by Crippen LogP contribution is 2.41. The van der Waals surface area contributed by atoms with E-state index in [0.29, 0.717) is 41.2 Å². The van der Waals surface area contributed by atoms with Gasteiger partial charge >= 0.3 is 0 Å². The van der Waals surface area contributed by atoms with E-state index in [1.54, 1.807) is 18.7 Å². The summed E-state index contributed by atoms with van der Waals surface area (Å²) < 4.78 is 31.2. The molecule has 9 heteroatoms. The van der Waals surface area contributed by atoms with E-state index in [0.717, 1.165) is 0 Å². The Morgan fingerprint density at radius 2 is 2.03 bits per heavy atom. The van der Waals surface area contributed by atoms with E-state index < -0.39 is 22.7 Å². The van der Waals surface area contributed by atoms with Crippen LogP contribution in [0.15, 0.2) is 35.4 Å². The van der Waals surface area contributed by atoms with Crippen molar-refractivity contribution in [3.8, 4) is 0 Å². The lowest BCUT2D eigenvalue weighted by Crippen LogP contribution is -2.41. The van der Waals surface area contributed by atoms with E-state index in [-0.39, 0.29) is 23.4 Å². The predicted molar refractivity (Wildman–Crippen MR) is 120 cm³/mol. The number of aryl methyl sites for hydroxylation is 1. The lowest BCUT2D eigenvalue weighted by atomic mass is 9.85. The molecule has 1 aromatic heterocycles. The normalized spacial score (nSPS) is 18.4.